The molecule has 2 fully saturated rings. The maximum atomic E-state index is 12.3. The third kappa shape index (κ3) is 7.26. The topological polar surface area (TPSA) is 79.3 Å². The Bertz CT molecular complexity index is 701. The Morgan fingerprint density at radius 3 is 2.53 bits per heavy atom. The second-order valence-corrected chi connectivity index (χ2v) is 7.54. The summed E-state index contributed by atoms with van der Waals surface area (Å²) in [5, 5.41) is 7.12. The summed E-state index contributed by atoms with van der Waals surface area (Å²) in [5.41, 5.74) is 1.24. The monoisotopic (exact) mass is 432 g/mol. The largest absolute Gasteiger partial charge is 0.490 e. The zero-order valence-electron chi connectivity index (χ0n) is 16.9. The van der Waals surface area contributed by atoms with E-state index in [2.05, 4.69) is 29.2 Å². The summed E-state index contributed by atoms with van der Waals surface area (Å²) < 4.78 is 42.7. The van der Waals surface area contributed by atoms with Gasteiger partial charge in [0.25, 0.3) is 0 Å². The Morgan fingerprint density at radius 2 is 1.93 bits per heavy atom. The van der Waals surface area contributed by atoms with E-state index in [0.717, 1.165) is 32.8 Å². The molecule has 10 heteroatoms. The summed E-state index contributed by atoms with van der Waals surface area (Å²) in [4.78, 5) is 25.6. The van der Waals surface area contributed by atoms with Crippen LogP contribution in [0.5, 0.6) is 0 Å². The molecule has 0 radical (unpaired) electrons. The molecule has 7 nitrogen and oxygen atoms in total. The number of methoxy groups -OCH3 is 1. The molecule has 30 heavy (non-hydrogen) atoms. The summed E-state index contributed by atoms with van der Waals surface area (Å²) >= 11 is 0. The minimum absolute atomic E-state index is 0.0733. The average molecular weight is 432 g/mol. The Kier molecular flexibility index (Phi) is 8.63. The van der Waals surface area contributed by atoms with E-state index >= 15 is 0 Å². The summed E-state index contributed by atoms with van der Waals surface area (Å²) in [6.07, 6.45) is -4.50. The molecule has 2 aliphatic heterocycles. The van der Waals surface area contributed by atoms with Gasteiger partial charge in [-0.25, -0.2) is 4.79 Å². The number of likely N-dealkylation sites (tertiary alicyclic amines) is 1. The molecule has 3 rings (SSSR count). The molecule has 2 aliphatic rings. The highest BCUT2D eigenvalue weighted by Crippen LogP contribution is 2.34. The smallest absolute Gasteiger partial charge is 0.475 e. The predicted octanol–water partition coefficient (Wildman–Crippen LogP) is 2.02. The van der Waals surface area contributed by atoms with Crippen molar-refractivity contribution in [1.29, 1.82) is 0 Å². The lowest BCUT2D eigenvalue weighted by atomic mass is 9.87. The van der Waals surface area contributed by atoms with Crippen molar-refractivity contribution >= 4 is 11.9 Å². The van der Waals surface area contributed by atoms with E-state index in [9.17, 15) is 18.0 Å². The molecule has 1 aromatic carbocycles. The Hall–Kier alpha value is -2.17. The molecule has 1 aromatic rings. The number of carboxylic acids is 1. The SMILES string of the molecule is COCCN1CC2(COCCN(Cc3ccccc3)C2)CC1=O.O=C(O)C(F)(F)F. The fourth-order valence-corrected chi connectivity index (χ4v) is 3.65. The van der Waals surface area contributed by atoms with E-state index in [1.165, 1.54) is 5.56 Å². The van der Waals surface area contributed by atoms with Crippen LogP contribution in [-0.2, 0) is 25.6 Å². The molecule has 2 heterocycles. The van der Waals surface area contributed by atoms with Gasteiger partial charge in [-0.1, -0.05) is 30.3 Å². The molecular formula is C20H27F3N2O5. The van der Waals surface area contributed by atoms with Crippen molar-refractivity contribution in [2.24, 2.45) is 5.41 Å². The molecule has 0 aromatic heterocycles. The highest BCUT2D eigenvalue weighted by atomic mass is 19.4. The fraction of sp³-hybridized carbons (Fsp3) is 0.600. The van der Waals surface area contributed by atoms with Crippen LogP contribution in [0.1, 0.15) is 12.0 Å². The van der Waals surface area contributed by atoms with Gasteiger partial charge in [0.2, 0.25) is 5.91 Å². The Morgan fingerprint density at radius 1 is 1.27 bits per heavy atom. The average Bonchev–Trinajstić information content (AvgIpc) is 2.85. The van der Waals surface area contributed by atoms with Gasteiger partial charge < -0.3 is 19.5 Å². The zero-order valence-corrected chi connectivity index (χ0v) is 16.9. The number of hydrogen-bond acceptors (Lipinski definition) is 5. The van der Waals surface area contributed by atoms with Crippen LogP contribution in [0.25, 0.3) is 0 Å². The molecule has 0 saturated carbocycles. The highest BCUT2D eigenvalue weighted by molar-refractivity contribution is 5.79. The lowest BCUT2D eigenvalue weighted by Gasteiger charge is -2.31. The van der Waals surface area contributed by atoms with Gasteiger partial charge in [0, 0.05) is 51.7 Å². The van der Waals surface area contributed by atoms with Gasteiger partial charge in [-0.05, 0) is 5.56 Å². The molecule has 1 amide bonds. The minimum Gasteiger partial charge on any atom is -0.475 e. The molecule has 1 atom stereocenters. The Balaban J connectivity index is 0.000000396. The van der Waals surface area contributed by atoms with E-state index in [0.29, 0.717) is 26.2 Å². The maximum Gasteiger partial charge on any atom is 0.490 e. The number of aliphatic carboxylic acids is 1. The number of carbonyl (C=O) groups excluding carboxylic acids is 1. The zero-order chi connectivity index (χ0) is 22.2. The van der Waals surface area contributed by atoms with E-state index in [-0.39, 0.29) is 11.3 Å². The van der Waals surface area contributed by atoms with Crippen molar-refractivity contribution in [3.8, 4) is 0 Å². The maximum absolute atomic E-state index is 12.3. The third-order valence-electron chi connectivity index (χ3n) is 4.98. The van der Waals surface area contributed by atoms with Crippen molar-refractivity contribution in [3.63, 3.8) is 0 Å². The van der Waals surface area contributed by atoms with Crippen LogP contribution >= 0.6 is 0 Å². The predicted molar refractivity (Wildman–Crippen MR) is 102 cm³/mol. The first-order valence-corrected chi connectivity index (χ1v) is 9.56. The lowest BCUT2D eigenvalue weighted by molar-refractivity contribution is -0.192. The normalized spacial score (nSPS) is 22.5. The fourth-order valence-electron chi connectivity index (χ4n) is 3.65. The van der Waals surface area contributed by atoms with Crippen LogP contribution in [0.4, 0.5) is 13.2 Å². The molecule has 168 valence electrons. The van der Waals surface area contributed by atoms with Crippen molar-refractivity contribution in [2.45, 2.75) is 19.1 Å². The van der Waals surface area contributed by atoms with Crippen LogP contribution < -0.4 is 0 Å². The van der Waals surface area contributed by atoms with Crippen LogP contribution in [0.2, 0.25) is 0 Å². The number of carboxylic acid groups (broad SMARTS) is 1. The number of nitrogens with zero attached hydrogens (tertiary/aromatic N) is 2. The summed E-state index contributed by atoms with van der Waals surface area (Å²) in [6, 6.07) is 10.5. The van der Waals surface area contributed by atoms with Crippen molar-refractivity contribution in [3.05, 3.63) is 35.9 Å². The van der Waals surface area contributed by atoms with Crippen LogP contribution in [-0.4, -0.2) is 86.1 Å². The first-order valence-electron chi connectivity index (χ1n) is 9.56. The van der Waals surface area contributed by atoms with Gasteiger partial charge in [-0.2, -0.15) is 13.2 Å². The van der Waals surface area contributed by atoms with E-state index < -0.39 is 12.1 Å². The number of rotatable bonds is 5. The van der Waals surface area contributed by atoms with Crippen molar-refractivity contribution in [1.82, 2.24) is 9.80 Å². The quantitative estimate of drug-likeness (QED) is 0.767. The number of halogens is 3. The van der Waals surface area contributed by atoms with Gasteiger partial charge in [-0.3, -0.25) is 9.69 Å². The second-order valence-electron chi connectivity index (χ2n) is 7.54. The first kappa shape index (κ1) is 24.1. The van der Waals surface area contributed by atoms with Gasteiger partial charge in [0.15, 0.2) is 0 Å². The minimum atomic E-state index is -5.08. The lowest BCUT2D eigenvalue weighted by Crippen LogP contribution is -2.40. The summed E-state index contributed by atoms with van der Waals surface area (Å²) in [7, 11) is 1.67. The highest BCUT2D eigenvalue weighted by Gasteiger charge is 2.45. The molecule has 1 spiro atoms. The number of hydrogen-bond donors (Lipinski definition) is 1. The van der Waals surface area contributed by atoms with E-state index in [4.69, 9.17) is 19.4 Å². The molecular weight excluding hydrogens is 405 g/mol. The van der Waals surface area contributed by atoms with Crippen LogP contribution in [0, 0.1) is 5.41 Å². The summed E-state index contributed by atoms with van der Waals surface area (Å²) in [5.74, 6) is -2.53. The van der Waals surface area contributed by atoms with Crippen molar-refractivity contribution in [2.75, 3.05) is 53.1 Å². The molecule has 0 bridgehead atoms. The Labute approximate surface area is 173 Å². The number of alkyl halides is 3. The van der Waals surface area contributed by atoms with Crippen molar-refractivity contribution < 1.29 is 37.3 Å². The first-order chi connectivity index (χ1) is 14.1. The number of ether oxygens (including phenoxy) is 2. The standard InChI is InChI=1S/C18H26N2O3.C2HF3O2/c1-22-9-8-20-14-18(11-17(20)21)13-19(7-10-23-15-18)12-16-5-3-2-4-6-16;3-2(4,5)1(6)7/h2-6H,7-15H2,1H3;(H,6,7). The molecule has 1 unspecified atom stereocenters. The second kappa shape index (κ2) is 10.7. The van der Waals surface area contributed by atoms with Gasteiger partial charge in [0.1, 0.15) is 0 Å². The number of amides is 1. The summed E-state index contributed by atoms with van der Waals surface area (Å²) in [6.45, 7) is 6.21. The van der Waals surface area contributed by atoms with Crippen LogP contribution in [0.15, 0.2) is 30.3 Å². The van der Waals surface area contributed by atoms with Gasteiger partial charge in [0.05, 0.1) is 19.8 Å². The van der Waals surface area contributed by atoms with Gasteiger partial charge >= 0.3 is 12.1 Å². The van der Waals surface area contributed by atoms with Gasteiger partial charge in [-0.15, -0.1) is 0 Å². The molecule has 1 N–H and O–H groups in total. The van der Waals surface area contributed by atoms with E-state index in [1.807, 2.05) is 11.0 Å². The molecule has 0 aliphatic carbocycles. The third-order valence-corrected chi connectivity index (χ3v) is 4.98. The number of benzene rings is 1. The number of carbonyl (C=O) groups is 2. The molecule has 2 saturated heterocycles. The van der Waals surface area contributed by atoms with E-state index in [1.54, 1.807) is 7.11 Å². The van der Waals surface area contributed by atoms with Crippen LogP contribution in [0.3, 0.4) is 0 Å².